The van der Waals surface area contributed by atoms with Crippen LogP contribution in [0.15, 0.2) is 48.5 Å². The molecule has 1 N–H and O–H groups in total. The van der Waals surface area contributed by atoms with Crippen LogP contribution in [-0.2, 0) is 4.79 Å². The Labute approximate surface area is 152 Å². The highest BCUT2D eigenvalue weighted by molar-refractivity contribution is 5.76. The monoisotopic (exact) mass is 357 g/mol. The third-order valence-electron chi connectivity index (χ3n) is 3.90. The largest absolute Gasteiger partial charge is 0.492 e. The quantitative estimate of drug-likeness (QED) is 0.550. The second-order valence-electron chi connectivity index (χ2n) is 5.93. The molecule has 0 aliphatic heterocycles. The van der Waals surface area contributed by atoms with E-state index in [9.17, 15) is 14.9 Å². The average Bonchev–Trinajstić information content (AvgIpc) is 2.63. The molecule has 1 amide bonds. The van der Waals surface area contributed by atoms with Crippen molar-refractivity contribution in [2.24, 2.45) is 0 Å². The number of nitrogens with zero attached hydrogens (tertiary/aromatic N) is 2. The molecule has 0 atom stereocenters. The smallest absolute Gasteiger partial charge is 0.292 e. The first-order chi connectivity index (χ1) is 12.5. The Kier molecular flexibility index (Phi) is 6.96. The number of anilines is 1. The highest BCUT2D eigenvalue weighted by Gasteiger charge is 2.13. The number of ether oxygens (including phenoxy) is 1. The number of para-hydroxylation sites is 2. The lowest BCUT2D eigenvalue weighted by atomic mass is 10.2. The molecule has 2 aromatic rings. The van der Waals surface area contributed by atoms with Crippen LogP contribution < -0.4 is 10.1 Å². The zero-order chi connectivity index (χ0) is 18.9. The Balaban J connectivity index is 1.72. The van der Waals surface area contributed by atoms with Crippen LogP contribution in [-0.4, -0.2) is 42.5 Å². The van der Waals surface area contributed by atoms with Gasteiger partial charge in [-0.2, -0.15) is 0 Å². The molecule has 0 heterocycles. The molecule has 26 heavy (non-hydrogen) atoms. The van der Waals surface area contributed by atoms with E-state index in [1.807, 2.05) is 31.2 Å². The van der Waals surface area contributed by atoms with Crippen LogP contribution in [0.2, 0.25) is 0 Å². The Morgan fingerprint density at radius 3 is 2.58 bits per heavy atom. The Morgan fingerprint density at radius 2 is 1.88 bits per heavy atom. The van der Waals surface area contributed by atoms with Gasteiger partial charge >= 0.3 is 0 Å². The molecule has 0 saturated heterocycles. The van der Waals surface area contributed by atoms with Crippen molar-refractivity contribution in [1.29, 1.82) is 0 Å². The zero-order valence-corrected chi connectivity index (χ0v) is 15.0. The van der Waals surface area contributed by atoms with Gasteiger partial charge in [0.25, 0.3) is 5.69 Å². The van der Waals surface area contributed by atoms with Crippen LogP contribution in [0.3, 0.4) is 0 Å². The molecule has 0 aliphatic carbocycles. The van der Waals surface area contributed by atoms with Gasteiger partial charge in [0.15, 0.2) is 0 Å². The second-order valence-corrected chi connectivity index (χ2v) is 5.93. The van der Waals surface area contributed by atoms with Crippen molar-refractivity contribution in [3.8, 4) is 5.75 Å². The second kappa shape index (κ2) is 9.41. The molecule has 2 rings (SSSR count). The summed E-state index contributed by atoms with van der Waals surface area (Å²) in [6, 6.07) is 14.1. The highest BCUT2D eigenvalue weighted by Crippen LogP contribution is 2.22. The number of amides is 1. The summed E-state index contributed by atoms with van der Waals surface area (Å²) in [4.78, 5) is 24.2. The lowest BCUT2D eigenvalue weighted by Gasteiger charge is -2.18. The Hall–Kier alpha value is -3.09. The minimum absolute atomic E-state index is 0.000184. The summed E-state index contributed by atoms with van der Waals surface area (Å²) in [5.74, 6) is 0.720. The van der Waals surface area contributed by atoms with Crippen molar-refractivity contribution < 1.29 is 14.5 Å². The van der Waals surface area contributed by atoms with E-state index in [4.69, 9.17) is 4.74 Å². The van der Waals surface area contributed by atoms with E-state index in [1.165, 1.54) is 6.07 Å². The van der Waals surface area contributed by atoms with Crippen LogP contribution in [0.1, 0.15) is 12.0 Å². The van der Waals surface area contributed by atoms with Crippen LogP contribution in [0.4, 0.5) is 11.4 Å². The standard InChI is InChI=1S/C19H23N3O4/c1-15-7-9-16(10-8-15)26-14-13-21(2)19(23)11-12-20-17-5-3-4-6-18(17)22(24)25/h3-10,20H,11-14H2,1-2H3. The van der Waals surface area contributed by atoms with Gasteiger partial charge in [0.05, 0.1) is 11.5 Å². The van der Waals surface area contributed by atoms with E-state index in [0.717, 1.165) is 11.3 Å². The number of nitro groups is 1. The SMILES string of the molecule is Cc1ccc(OCCN(C)C(=O)CCNc2ccccc2[N+](=O)[O-])cc1. The number of hydrogen-bond acceptors (Lipinski definition) is 5. The summed E-state index contributed by atoms with van der Waals surface area (Å²) in [6.07, 6.45) is 0.243. The lowest BCUT2D eigenvalue weighted by molar-refractivity contribution is -0.384. The number of carbonyl (C=O) groups excluding carboxylic acids is 1. The summed E-state index contributed by atoms with van der Waals surface area (Å²) in [6.45, 7) is 3.21. The number of benzene rings is 2. The van der Waals surface area contributed by atoms with Crippen molar-refractivity contribution in [3.05, 3.63) is 64.2 Å². The number of rotatable bonds is 9. The van der Waals surface area contributed by atoms with Crippen molar-refractivity contribution in [2.45, 2.75) is 13.3 Å². The fraction of sp³-hybridized carbons (Fsp3) is 0.316. The fourth-order valence-electron chi connectivity index (χ4n) is 2.34. The maximum atomic E-state index is 12.1. The van der Waals surface area contributed by atoms with Gasteiger partial charge in [-0.1, -0.05) is 29.8 Å². The molecule has 2 aromatic carbocycles. The molecular weight excluding hydrogens is 334 g/mol. The molecule has 138 valence electrons. The van der Waals surface area contributed by atoms with Gasteiger partial charge in [-0.3, -0.25) is 14.9 Å². The van der Waals surface area contributed by atoms with Gasteiger partial charge in [-0.15, -0.1) is 0 Å². The molecule has 7 nitrogen and oxygen atoms in total. The summed E-state index contributed by atoms with van der Waals surface area (Å²) < 4.78 is 5.61. The van der Waals surface area contributed by atoms with Crippen LogP contribution in [0.5, 0.6) is 5.75 Å². The topological polar surface area (TPSA) is 84.7 Å². The number of nitrogens with one attached hydrogen (secondary N) is 1. The minimum atomic E-state index is -0.446. The molecular formula is C19H23N3O4. The third-order valence-corrected chi connectivity index (χ3v) is 3.90. The van der Waals surface area contributed by atoms with Gasteiger partial charge < -0.3 is 15.0 Å². The van der Waals surface area contributed by atoms with E-state index in [2.05, 4.69) is 5.32 Å². The average molecular weight is 357 g/mol. The Morgan fingerprint density at radius 1 is 1.19 bits per heavy atom. The molecule has 0 radical (unpaired) electrons. The van der Waals surface area contributed by atoms with Crippen molar-refractivity contribution in [3.63, 3.8) is 0 Å². The van der Waals surface area contributed by atoms with E-state index < -0.39 is 4.92 Å². The number of likely N-dealkylation sites (N-methyl/N-ethyl adjacent to an activating group) is 1. The summed E-state index contributed by atoms with van der Waals surface area (Å²) in [7, 11) is 1.71. The molecule has 0 aliphatic rings. The summed E-state index contributed by atoms with van der Waals surface area (Å²) >= 11 is 0. The van der Waals surface area contributed by atoms with Gasteiger partial charge in [0.1, 0.15) is 18.0 Å². The minimum Gasteiger partial charge on any atom is -0.492 e. The van der Waals surface area contributed by atoms with Crippen molar-refractivity contribution in [1.82, 2.24) is 4.90 Å². The molecule has 0 fully saturated rings. The molecule has 0 spiro atoms. The predicted molar refractivity (Wildman–Crippen MR) is 101 cm³/mol. The van der Waals surface area contributed by atoms with Crippen molar-refractivity contribution >= 4 is 17.3 Å². The van der Waals surface area contributed by atoms with Crippen LogP contribution in [0.25, 0.3) is 0 Å². The summed E-state index contributed by atoms with van der Waals surface area (Å²) in [5, 5.41) is 13.9. The molecule has 0 aromatic heterocycles. The number of hydrogen-bond donors (Lipinski definition) is 1. The Bertz CT molecular complexity index is 747. The molecule has 0 unspecified atom stereocenters. The van der Waals surface area contributed by atoms with E-state index in [1.54, 1.807) is 30.1 Å². The first kappa shape index (κ1) is 19.2. The first-order valence-electron chi connectivity index (χ1n) is 8.38. The van der Waals surface area contributed by atoms with Gasteiger partial charge in [0.2, 0.25) is 5.91 Å². The van der Waals surface area contributed by atoms with Gasteiger partial charge in [0, 0.05) is 26.1 Å². The molecule has 0 bridgehead atoms. The molecule has 7 heteroatoms. The predicted octanol–water partition coefficient (Wildman–Crippen LogP) is 3.24. The van der Waals surface area contributed by atoms with Crippen molar-refractivity contribution in [2.75, 3.05) is 32.1 Å². The van der Waals surface area contributed by atoms with Crippen LogP contribution >= 0.6 is 0 Å². The maximum absolute atomic E-state index is 12.1. The number of aryl methyl sites for hydroxylation is 1. The fourth-order valence-corrected chi connectivity index (χ4v) is 2.34. The number of nitro benzene ring substituents is 1. The maximum Gasteiger partial charge on any atom is 0.292 e. The van der Waals surface area contributed by atoms with E-state index in [0.29, 0.717) is 25.4 Å². The highest BCUT2D eigenvalue weighted by atomic mass is 16.6. The van der Waals surface area contributed by atoms with Crippen LogP contribution in [0, 0.1) is 17.0 Å². The van der Waals surface area contributed by atoms with E-state index in [-0.39, 0.29) is 18.0 Å². The van der Waals surface area contributed by atoms with E-state index >= 15 is 0 Å². The lowest BCUT2D eigenvalue weighted by Crippen LogP contribution is -2.32. The number of carbonyl (C=O) groups is 1. The molecule has 0 saturated carbocycles. The van der Waals surface area contributed by atoms with Gasteiger partial charge in [-0.25, -0.2) is 0 Å². The van der Waals surface area contributed by atoms with Gasteiger partial charge in [-0.05, 0) is 25.1 Å². The third kappa shape index (κ3) is 5.77. The zero-order valence-electron chi connectivity index (χ0n) is 15.0. The first-order valence-corrected chi connectivity index (χ1v) is 8.38. The normalized spacial score (nSPS) is 10.2. The summed E-state index contributed by atoms with van der Waals surface area (Å²) in [5.41, 5.74) is 1.58.